The normalized spacial score (nSPS) is 10.3. The van der Waals surface area contributed by atoms with Crippen molar-refractivity contribution < 1.29 is 14.3 Å². The molecule has 1 heterocycles. The Morgan fingerprint density at radius 1 is 1.05 bits per heavy atom. The molecular weight excluding hydrogens is 278 g/mol. The van der Waals surface area contributed by atoms with Gasteiger partial charge in [0.15, 0.2) is 11.6 Å². The van der Waals surface area contributed by atoms with Crippen LogP contribution in [0.3, 0.4) is 0 Å². The lowest BCUT2D eigenvalue weighted by Crippen LogP contribution is -2.09. The van der Waals surface area contributed by atoms with Crippen LogP contribution in [0.4, 0.5) is 0 Å². The van der Waals surface area contributed by atoms with Crippen LogP contribution in [-0.4, -0.2) is 23.7 Å². The number of carbonyl (C=O) groups is 2. The quantitative estimate of drug-likeness (QED) is 0.758. The maximum atomic E-state index is 12.4. The Morgan fingerprint density at radius 2 is 1.77 bits per heavy atom. The molecule has 22 heavy (non-hydrogen) atoms. The summed E-state index contributed by atoms with van der Waals surface area (Å²) in [5, 5.41) is 0. The summed E-state index contributed by atoms with van der Waals surface area (Å²) in [7, 11) is 1.52. The van der Waals surface area contributed by atoms with Crippen LogP contribution in [0.15, 0.2) is 36.5 Å². The molecule has 4 nitrogen and oxygen atoms in total. The molecule has 0 radical (unpaired) electrons. The van der Waals surface area contributed by atoms with Gasteiger partial charge >= 0.3 is 0 Å². The Morgan fingerprint density at radius 3 is 2.32 bits per heavy atom. The number of hydrogen-bond donors (Lipinski definition) is 0. The van der Waals surface area contributed by atoms with E-state index in [2.05, 4.69) is 4.98 Å². The van der Waals surface area contributed by atoms with Gasteiger partial charge in [-0.05, 0) is 24.3 Å². The number of ketones is 2. The van der Waals surface area contributed by atoms with Crippen molar-refractivity contribution in [1.29, 1.82) is 0 Å². The van der Waals surface area contributed by atoms with Crippen LogP contribution in [-0.2, 0) is 0 Å². The number of ether oxygens (including phenoxy) is 1. The SMILES string of the molecule is CCC(=O)c1ccc(OC)c(C(=O)CC)c1-c1ccccn1. The van der Waals surface area contributed by atoms with E-state index in [0.717, 1.165) is 0 Å². The first-order valence-electron chi connectivity index (χ1n) is 7.32. The number of pyridine rings is 1. The molecule has 0 unspecified atom stereocenters. The zero-order chi connectivity index (χ0) is 16.1. The first-order valence-corrected chi connectivity index (χ1v) is 7.32. The fourth-order valence-corrected chi connectivity index (χ4v) is 2.41. The molecule has 2 rings (SSSR count). The molecule has 1 aromatic heterocycles. The van der Waals surface area contributed by atoms with Crippen molar-refractivity contribution in [1.82, 2.24) is 4.98 Å². The van der Waals surface area contributed by atoms with Crippen LogP contribution in [0.25, 0.3) is 11.3 Å². The molecule has 0 spiro atoms. The molecule has 2 aromatic rings. The van der Waals surface area contributed by atoms with Gasteiger partial charge in [0.25, 0.3) is 0 Å². The summed E-state index contributed by atoms with van der Waals surface area (Å²) in [5.74, 6) is 0.386. The predicted molar refractivity (Wildman–Crippen MR) is 85.5 cm³/mol. The van der Waals surface area contributed by atoms with Crippen molar-refractivity contribution in [2.75, 3.05) is 7.11 Å². The fraction of sp³-hybridized carbons (Fsp3) is 0.278. The third-order valence-electron chi connectivity index (χ3n) is 3.53. The molecule has 0 N–H and O–H groups in total. The molecule has 0 amide bonds. The highest BCUT2D eigenvalue weighted by molar-refractivity contribution is 6.11. The number of rotatable bonds is 6. The zero-order valence-electron chi connectivity index (χ0n) is 13.1. The van der Waals surface area contributed by atoms with Crippen LogP contribution in [0.2, 0.25) is 0 Å². The molecule has 4 heteroatoms. The maximum absolute atomic E-state index is 12.4. The van der Waals surface area contributed by atoms with Crippen LogP contribution < -0.4 is 4.74 Å². The van der Waals surface area contributed by atoms with Gasteiger partial charge in [0.2, 0.25) is 0 Å². The van der Waals surface area contributed by atoms with Gasteiger partial charge < -0.3 is 4.74 Å². The van der Waals surface area contributed by atoms with Crippen LogP contribution in [0.1, 0.15) is 47.4 Å². The Kier molecular flexibility index (Phi) is 5.04. The third-order valence-corrected chi connectivity index (χ3v) is 3.53. The van der Waals surface area contributed by atoms with Crippen molar-refractivity contribution in [2.24, 2.45) is 0 Å². The van der Waals surface area contributed by atoms with E-state index in [1.807, 2.05) is 6.07 Å². The summed E-state index contributed by atoms with van der Waals surface area (Å²) in [6, 6.07) is 8.82. The molecule has 0 aliphatic carbocycles. The first-order chi connectivity index (χ1) is 10.6. The van der Waals surface area contributed by atoms with Crippen molar-refractivity contribution in [3.63, 3.8) is 0 Å². The lowest BCUT2D eigenvalue weighted by molar-refractivity contribution is 0.0985. The molecule has 0 aliphatic rings. The van der Waals surface area contributed by atoms with Gasteiger partial charge in [-0.1, -0.05) is 19.9 Å². The smallest absolute Gasteiger partial charge is 0.167 e. The van der Waals surface area contributed by atoms with Gasteiger partial charge in [0.1, 0.15) is 5.75 Å². The second-order valence-electron chi connectivity index (χ2n) is 4.83. The summed E-state index contributed by atoms with van der Waals surface area (Å²) in [6.07, 6.45) is 2.35. The third kappa shape index (κ3) is 2.91. The molecule has 0 saturated heterocycles. The minimum atomic E-state index is -0.0664. The number of carbonyl (C=O) groups excluding carboxylic acids is 2. The Labute approximate surface area is 130 Å². The number of hydrogen-bond acceptors (Lipinski definition) is 4. The minimum absolute atomic E-state index is 0.0199. The minimum Gasteiger partial charge on any atom is -0.496 e. The first kappa shape index (κ1) is 15.9. The second kappa shape index (κ2) is 6.98. The summed E-state index contributed by atoms with van der Waals surface area (Å²) in [5.41, 5.74) is 2.12. The van der Waals surface area contributed by atoms with Crippen molar-refractivity contribution in [2.45, 2.75) is 26.7 Å². The number of benzene rings is 1. The van der Waals surface area contributed by atoms with E-state index in [-0.39, 0.29) is 11.6 Å². The van der Waals surface area contributed by atoms with E-state index >= 15 is 0 Å². The average Bonchev–Trinajstić information content (AvgIpc) is 2.59. The van der Waals surface area contributed by atoms with Gasteiger partial charge in [-0.3, -0.25) is 14.6 Å². The summed E-state index contributed by atoms with van der Waals surface area (Å²) < 4.78 is 5.34. The van der Waals surface area contributed by atoms with Gasteiger partial charge in [-0.25, -0.2) is 0 Å². The van der Waals surface area contributed by atoms with E-state index < -0.39 is 0 Å². The molecule has 1 aromatic carbocycles. The highest BCUT2D eigenvalue weighted by Gasteiger charge is 2.23. The average molecular weight is 297 g/mol. The molecule has 114 valence electrons. The van der Waals surface area contributed by atoms with E-state index in [9.17, 15) is 9.59 Å². The van der Waals surface area contributed by atoms with Crippen molar-refractivity contribution in [3.8, 4) is 17.0 Å². The predicted octanol–water partition coefficient (Wildman–Crippen LogP) is 3.94. The molecule has 0 fully saturated rings. The van der Waals surface area contributed by atoms with E-state index in [4.69, 9.17) is 4.74 Å². The molecule has 0 saturated carbocycles. The molecule has 0 atom stereocenters. The lowest BCUT2D eigenvalue weighted by Gasteiger charge is -2.16. The topological polar surface area (TPSA) is 56.3 Å². The van der Waals surface area contributed by atoms with Gasteiger partial charge in [-0.15, -0.1) is 0 Å². The highest BCUT2D eigenvalue weighted by Crippen LogP contribution is 2.34. The van der Waals surface area contributed by atoms with Crippen LogP contribution in [0, 0.1) is 0 Å². The monoisotopic (exact) mass is 297 g/mol. The lowest BCUT2D eigenvalue weighted by atomic mass is 9.90. The maximum Gasteiger partial charge on any atom is 0.167 e. The molecule has 0 bridgehead atoms. The van der Waals surface area contributed by atoms with Gasteiger partial charge in [0.05, 0.1) is 18.4 Å². The van der Waals surface area contributed by atoms with Crippen molar-refractivity contribution in [3.05, 3.63) is 47.7 Å². The van der Waals surface area contributed by atoms with Crippen molar-refractivity contribution >= 4 is 11.6 Å². The number of methoxy groups -OCH3 is 1. The van der Waals surface area contributed by atoms with Crippen LogP contribution >= 0.6 is 0 Å². The summed E-state index contributed by atoms with van der Waals surface area (Å²) in [6.45, 7) is 3.59. The molecule has 0 aliphatic heterocycles. The standard InChI is InChI=1S/C18H19NO3/c1-4-14(20)12-9-10-16(22-3)18(15(21)5-2)17(12)13-8-6-7-11-19-13/h6-11H,4-5H2,1-3H3. The largest absolute Gasteiger partial charge is 0.496 e. The number of nitrogens with zero attached hydrogens (tertiary/aromatic N) is 1. The van der Waals surface area contributed by atoms with E-state index in [1.165, 1.54) is 7.11 Å². The summed E-state index contributed by atoms with van der Waals surface area (Å²) >= 11 is 0. The Hall–Kier alpha value is -2.49. The number of aromatic nitrogens is 1. The Balaban J connectivity index is 2.84. The number of Topliss-reactive ketones (excluding diaryl/α,β-unsaturated/α-hetero) is 2. The summed E-state index contributed by atoms with van der Waals surface area (Å²) in [4.78, 5) is 29.0. The fourth-order valence-electron chi connectivity index (χ4n) is 2.41. The highest BCUT2D eigenvalue weighted by atomic mass is 16.5. The van der Waals surface area contributed by atoms with Gasteiger partial charge in [0, 0.05) is 30.2 Å². The molecular formula is C18H19NO3. The van der Waals surface area contributed by atoms with E-state index in [0.29, 0.717) is 41.0 Å². The van der Waals surface area contributed by atoms with E-state index in [1.54, 1.807) is 44.3 Å². The van der Waals surface area contributed by atoms with Crippen LogP contribution in [0.5, 0.6) is 5.75 Å². The van der Waals surface area contributed by atoms with Gasteiger partial charge in [-0.2, -0.15) is 0 Å². The zero-order valence-corrected chi connectivity index (χ0v) is 13.1. The second-order valence-corrected chi connectivity index (χ2v) is 4.83. The Bertz CT molecular complexity index is 693.